The molecular weight excluding hydrogens is 967 g/mol. The molecule has 4 fully saturated rings. The van der Waals surface area contributed by atoms with Crippen LogP contribution in [0.4, 0.5) is 25.8 Å². The number of H-pyrrole nitrogens is 1. The lowest BCUT2D eigenvalue weighted by Gasteiger charge is -2.58. The Morgan fingerprint density at radius 2 is 1.72 bits per heavy atom. The lowest BCUT2D eigenvalue weighted by molar-refractivity contribution is -0.384. The molecule has 4 aliphatic rings. The molecule has 2 aliphatic carbocycles. The van der Waals surface area contributed by atoms with Crippen LogP contribution in [-0.4, -0.2) is 95.0 Å². The van der Waals surface area contributed by atoms with Gasteiger partial charge in [0.05, 0.1) is 27.2 Å². The molecule has 6 aromatic rings. The maximum absolute atomic E-state index is 14.2. The first-order valence-corrected chi connectivity index (χ1v) is 27.2. The molecule has 18 heteroatoms. The second-order valence-electron chi connectivity index (χ2n) is 21.6. The van der Waals surface area contributed by atoms with Crippen LogP contribution >= 0.6 is 0 Å². The van der Waals surface area contributed by atoms with Gasteiger partial charge in [0, 0.05) is 87.3 Å². The first-order valence-electron chi connectivity index (χ1n) is 25.7. The van der Waals surface area contributed by atoms with E-state index < -0.39 is 48.7 Å². The van der Waals surface area contributed by atoms with E-state index in [1.54, 1.807) is 43.5 Å². The zero-order chi connectivity index (χ0) is 51.9. The van der Waals surface area contributed by atoms with Gasteiger partial charge in [-0.25, -0.2) is 26.9 Å². The number of aromatic amines is 1. The van der Waals surface area contributed by atoms with E-state index in [4.69, 9.17) is 4.74 Å². The number of hydrogen-bond acceptors (Lipinski definition) is 12. The summed E-state index contributed by atoms with van der Waals surface area (Å²) in [6.45, 7) is 11.2. The largest absolute Gasteiger partial charge is 0.455 e. The highest BCUT2D eigenvalue weighted by Gasteiger charge is 2.50. The van der Waals surface area contributed by atoms with Crippen LogP contribution in [-0.2, 0) is 16.6 Å². The molecule has 4 N–H and O–H groups in total. The number of ether oxygens (including phenoxy) is 1. The Kier molecular flexibility index (Phi) is 14.3. The van der Waals surface area contributed by atoms with E-state index in [1.807, 2.05) is 6.07 Å². The Morgan fingerprint density at radius 1 is 0.946 bits per heavy atom. The van der Waals surface area contributed by atoms with Crippen LogP contribution in [0, 0.1) is 33.1 Å². The third-order valence-electron chi connectivity index (χ3n) is 16.1. The normalized spacial score (nSPS) is 21.7. The second kappa shape index (κ2) is 20.7. The number of nitro benzene ring substituents is 1. The van der Waals surface area contributed by atoms with Gasteiger partial charge in [0.2, 0.25) is 0 Å². The second-order valence-corrected chi connectivity index (χ2v) is 23.3. The third kappa shape index (κ3) is 11.0. The van der Waals surface area contributed by atoms with Crippen LogP contribution in [0.25, 0.3) is 11.0 Å². The van der Waals surface area contributed by atoms with E-state index in [1.165, 1.54) is 41.6 Å². The van der Waals surface area contributed by atoms with Gasteiger partial charge in [-0.1, -0.05) is 44.2 Å². The summed E-state index contributed by atoms with van der Waals surface area (Å²) in [4.78, 5) is 40.0. The van der Waals surface area contributed by atoms with Crippen LogP contribution in [0.3, 0.4) is 0 Å². The fraction of sp³-hybridized carbons (Fsp3) is 0.429. The van der Waals surface area contributed by atoms with Crippen LogP contribution in [0.5, 0.6) is 11.5 Å². The van der Waals surface area contributed by atoms with Crippen LogP contribution in [0.15, 0.2) is 108 Å². The molecule has 0 radical (unpaired) electrons. The summed E-state index contributed by atoms with van der Waals surface area (Å²) in [6, 6.07) is 25.6. The SMILES string of the molecule is CC(C)c1ccccc1[C@@H]1CN(Cc2ccc(F)c(F)c2)CCN1C1CC2(CCN(c3ccc(C(=O)NS(=O)(=O)c4ccc(NCC5CCC(C)(O)CC5)c([N+](=O)[O-])c4)c(Oc4cnc5[nH]ccc5c4)c3)CC2)C1. The highest BCUT2D eigenvalue weighted by Crippen LogP contribution is 2.53. The first kappa shape index (κ1) is 51.0. The number of rotatable bonds is 15. The number of nitrogens with zero attached hydrogens (tertiary/aromatic N) is 5. The molecule has 10 rings (SSSR count). The molecule has 1 atom stereocenters. The van der Waals surface area contributed by atoms with Crippen molar-refractivity contribution in [2.45, 2.75) is 107 Å². The van der Waals surface area contributed by atoms with E-state index >= 15 is 0 Å². The standard InChI is InChI=1S/C56H64F2N8O7S/c1-36(2)44-6-4-5-7-45(44)51-35-63(34-38-8-12-47(57)48(58)26-38)24-25-65(51)41-30-56(31-41)19-22-64(23-20-56)40-9-11-46(52(28-40)73-42-27-39-16-21-59-53(39)61-33-42)54(67)62-74(71,72)43-10-13-49(50(29-43)66(69)70)60-32-37-14-17-55(3,68)18-15-37/h4-13,16,21,26-29,33,36-37,41,51,60,68H,14-15,17-20,22-25,30-32,34-35H2,1-3H3,(H,59,61)(H,62,67)/t37?,51-,55?/m0/s1. The predicted octanol–water partition coefficient (Wildman–Crippen LogP) is 10.4. The number of nitro groups is 1. The van der Waals surface area contributed by atoms with Crippen LogP contribution in [0.1, 0.15) is 111 Å². The molecule has 4 heterocycles. The molecule has 0 bridgehead atoms. The minimum Gasteiger partial charge on any atom is -0.455 e. The quantitative estimate of drug-likeness (QED) is 0.0564. The zero-order valence-electron chi connectivity index (χ0n) is 42.0. The van der Waals surface area contributed by atoms with Gasteiger partial charge in [-0.05, 0) is 141 Å². The number of hydrogen-bond donors (Lipinski definition) is 4. The molecule has 15 nitrogen and oxygen atoms in total. The van der Waals surface area contributed by atoms with Crippen molar-refractivity contribution in [1.82, 2.24) is 24.5 Å². The fourth-order valence-electron chi connectivity index (χ4n) is 11.8. The van der Waals surface area contributed by atoms with Gasteiger partial charge in [-0.2, -0.15) is 0 Å². The van der Waals surface area contributed by atoms with Gasteiger partial charge in [0.1, 0.15) is 22.8 Å². The maximum atomic E-state index is 14.2. The fourth-order valence-corrected chi connectivity index (χ4v) is 12.8. The van der Waals surface area contributed by atoms with E-state index in [9.17, 15) is 37.2 Å². The Bertz CT molecular complexity index is 3160. The molecule has 1 amide bonds. The highest BCUT2D eigenvalue weighted by atomic mass is 32.2. The van der Waals surface area contributed by atoms with E-state index in [0.29, 0.717) is 49.3 Å². The summed E-state index contributed by atoms with van der Waals surface area (Å²) < 4.78 is 64.2. The van der Waals surface area contributed by atoms with Gasteiger partial charge < -0.3 is 25.0 Å². The van der Waals surface area contributed by atoms with Crippen LogP contribution < -0.4 is 19.7 Å². The number of fused-ring (bicyclic) bond motifs is 1. The Labute approximate surface area is 430 Å². The molecule has 2 aromatic heterocycles. The third-order valence-corrected chi connectivity index (χ3v) is 17.5. The monoisotopic (exact) mass is 1030 g/mol. The molecule has 2 saturated heterocycles. The smallest absolute Gasteiger partial charge is 0.293 e. The lowest BCUT2D eigenvalue weighted by Crippen LogP contribution is -2.60. The molecular formula is C56H64F2N8O7S. The summed E-state index contributed by atoms with van der Waals surface area (Å²) in [6.07, 6.45) is 10.1. The number of aromatic nitrogens is 2. The van der Waals surface area contributed by atoms with Crippen molar-refractivity contribution in [3.63, 3.8) is 0 Å². The van der Waals surface area contributed by atoms with Crippen molar-refractivity contribution in [2.75, 3.05) is 49.5 Å². The molecule has 4 aromatic carbocycles. The Morgan fingerprint density at radius 3 is 2.46 bits per heavy atom. The summed E-state index contributed by atoms with van der Waals surface area (Å²) in [5.74, 6) is -1.67. The average molecular weight is 1030 g/mol. The van der Waals surface area contributed by atoms with Crippen molar-refractivity contribution in [3.05, 3.63) is 147 Å². The van der Waals surface area contributed by atoms with Gasteiger partial charge in [0.25, 0.3) is 21.6 Å². The number of amides is 1. The zero-order valence-corrected chi connectivity index (χ0v) is 42.8. The number of benzene rings is 4. The molecule has 390 valence electrons. The highest BCUT2D eigenvalue weighted by molar-refractivity contribution is 7.90. The number of carbonyl (C=O) groups is 1. The number of carbonyl (C=O) groups excluding carboxylic acids is 1. The minimum atomic E-state index is -4.61. The van der Waals surface area contributed by atoms with Gasteiger partial charge >= 0.3 is 0 Å². The molecule has 0 unspecified atom stereocenters. The van der Waals surface area contributed by atoms with Crippen molar-refractivity contribution in [3.8, 4) is 11.5 Å². The van der Waals surface area contributed by atoms with Crippen LogP contribution in [0.2, 0.25) is 0 Å². The molecule has 2 aliphatic heterocycles. The van der Waals surface area contributed by atoms with E-state index in [0.717, 1.165) is 94.0 Å². The van der Waals surface area contributed by atoms with Crippen molar-refractivity contribution in [2.24, 2.45) is 11.3 Å². The number of piperazine rings is 1. The maximum Gasteiger partial charge on any atom is 0.293 e. The minimum absolute atomic E-state index is 0.0560. The summed E-state index contributed by atoms with van der Waals surface area (Å²) >= 11 is 0. The van der Waals surface area contributed by atoms with Gasteiger partial charge in [0.15, 0.2) is 11.6 Å². The average Bonchev–Trinajstić information content (AvgIpc) is 3.84. The van der Waals surface area contributed by atoms with E-state index in [-0.39, 0.29) is 34.4 Å². The predicted molar refractivity (Wildman–Crippen MR) is 280 cm³/mol. The van der Waals surface area contributed by atoms with Crippen molar-refractivity contribution >= 4 is 44.0 Å². The Hall–Kier alpha value is -6.47. The molecule has 74 heavy (non-hydrogen) atoms. The number of sulfonamides is 1. The number of nitrogens with one attached hydrogen (secondary N) is 3. The number of halogens is 2. The van der Waals surface area contributed by atoms with Gasteiger partial charge in [-0.15, -0.1) is 0 Å². The number of anilines is 2. The summed E-state index contributed by atoms with van der Waals surface area (Å²) in [5, 5.41) is 26.4. The first-order chi connectivity index (χ1) is 35.4. The van der Waals surface area contributed by atoms with Crippen molar-refractivity contribution in [1.29, 1.82) is 0 Å². The molecule has 1 spiro atoms. The van der Waals surface area contributed by atoms with E-state index in [2.05, 4.69) is 72.8 Å². The molecule has 2 saturated carbocycles. The summed E-state index contributed by atoms with van der Waals surface area (Å²) in [5.41, 5.74) is 3.94. The van der Waals surface area contributed by atoms with Gasteiger partial charge in [-0.3, -0.25) is 24.7 Å². The number of piperidine rings is 1. The number of aliphatic hydroxyl groups is 1. The Balaban J connectivity index is 0.832. The number of pyridine rings is 1. The lowest BCUT2D eigenvalue weighted by atomic mass is 9.59. The summed E-state index contributed by atoms with van der Waals surface area (Å²) in [7, 11) is -4.61. The topological polar surface area (TPSA) is 186 Å². The van der Waals surface area contributed by atoms with Crippen molar-refractivity contribution < 1.29 is 36.8 Å².